The van der Waals surface area contributed by atoms with Crippen LogP contribution < -0.4 is 5.32 Å². The summed E-state index contributed by atoms with van der Waals surface area (Å²) < 4.78 is 5.09. The van der Waals surface area contributed by atoms with Crippen molar-refractivity contribution in [3.63, 3.8) is 0 Å². The van der Waals surface area contributed by atoms with E-state index in [0.717, 1.165) is 6.07 Å². The Morgan fingerprint density at radius 2 is 1.81 bits per heavy atom. The van der Waals surface area contributed by atoms with Gasteiger partial charge in [-0.2, -0.15) is 0 Å². The van der Waals surface area contributed by atoms with Crippen molar-refractivity contribution in [2.75, 3.05) is 5.32 Å². The van der Waals surface area contributed by atoms with E-state index in [0.29, 0.717) is 16.8 Å². The standard InChI is InChI=1S/C19H18N2O6/c1-11-8-9-14(10-17(11)21(25)26)19(24)27-13(3)18(23)20-16-7-5-4-6-15(16)12(2)22/h4-10,13H,1-3H3,(H,20,23). The van der Waals surface area contributed by atoms with Gasteiger partial charge in [0.1, 0.15) is 0 Å². The number of ether oxygens (including phenoxy) is 1. The maximum Gasteiger partial charge on any atom is 0.339 e. The van der Waals surface area contributed by atoms with Gasteiger partial charge in [-0.25, -0.2) is 4.79 Å². The molecule has 0 aliphatic rings. The fourth-order valence-electron chi connectivity index (χ4n) is 2.35. The summed E-state index contributed by atoms with van der Waals surface area (Å²) in [6.45, 7) is 4.29. The number of amides is 1. The topological polar surface area (TPSA) is 116 Å². The molecule has 0 aliphatic carbocycles. The van der Waals surface area contributed by atoms with Gasteiger partial charge < -0.3 is 10.1 Å². The quantitative estimate of drug-likeness (QED) is 0.361. The summed E-state index contributed by atoms with van der Waals surface area (Å²) in [7, 11) is 0. The molecule has 1 atom stereocenters. The summed E-state index contributed by atoms with van der Waals surface area (Å²) in [6, 6.07) is 10.4. The molecule has 1 N–H and O–H groups in total. The Bertz CT molecular complexity index is 922. The molecule has 0 aromatic heterocycles. The molecule has 2 aromatic carbocycles. The first-order valence-corrected chi connectivity index (χ1v) is 8.07. The first-order chi connectivity index (χ1) is 12.7. The average Bonchev–Trinajstić information content (AvgIpc) is 2.61. The van der Waals surface area contributed by atoms with Crippen molar-refractivity contribution in [1.82, 2.24) is 0 Å². The minimum atomic E-state index is -1.17. The molecule has 0 spiro atoms. The highest BCUT2D eigenvalue weighted by atomic mass is 16.6. The van der Waals surface area contributed by atoms with Crippen LogP contribution in [0.1, 0.15) is 40.1 Å². The van der Waals surface area contributed by atoms with E-state index in [4.69, 9.17) is 4.74 Å². The van der Waals surface area contributed by atoms with E-state index in [-0.39, 0.29) is 17.0 Å². The molecule has 0 bridgehead atoms. The Hall–Kier alpha value is -3.55. The number of esters is 1. The summed E-state index contributed by atoms with van der Waals surface area (Å²) >= 11 is 0. The number of para-hydroxylation sites is 1. The summed E-state index contributed by atoms with van der Waals surface area (Å²) in [5.74, 6) is -1.71. The van der Waals surface area contributed by atoms with E-state index >= 15 is 0 Å². The first-order valence-electron chi connectivity index (χ1n) is 8.07. The Morgan fingerprint density at radius 3 is 2.44 bits per heavy atom. The largest absolute Gasteiger partial charge is 0.449 e. The highest BCUT2D eigenvalue weighted by Gasteiger charge is 2.22. The SMILES string of the molecule is CC(=O)c1ccccc1NC(=O)C(C)OC(=O)c1ccc(C)c([N+](=O)[O-])c1. The smallest absolute Gasteiger partial charge is 0.339 e. The number of hydrogen-bond donors (Lipinski definition) is 1. The van der Waals surface area contributed by atoms with Crippen LogP contribution in [0.3, 0.4) is 0 Å². The van der Waals surface area contributed by atoms with Crippen LogP contribution in [0, 0.1) is 17.0 Å². The monoisotopic (exact) mass is 370 g/mol. The number of rotatable bonds is 6. The number of aryl methyl sites for hydroxylation is 1. The Morgan fingerprint density at radius 1 is 1.15 bits per heavy atom. The van der Waals surface area contributed by atoms with Crippen molar-refractivity contribution in [2.45, 2.75) is 26.9 Å². The number of ketones is 1. The zero-order chi connectivity index (χ0) is 20.1. The third-order valence-electron chi connectivity index (χ3n) is 3.86. The average molecular weight is 370 g/mol. The van der Waals surface area contributed by atoms with Gasteiger partial charge in [0.15, 0.2) is 11.9 Å². The third-order valence-corrected chi connectivity index (χ3v) is 3.86. The molecule has 0 saturated heterocycles. The molecule has 0 radical (unpaired) electrons. The predicted octanol–water partition coefficient (Wildman–Crippen LogP) is 3.29. The molecular weight excluding hydrogens is 352 g/mol. The van der Waals surface area contributed by atoms with E-state index in [1.807, 2.05) is 0 Å². The number of nitro benzene ring substituents is 1. The predicted molar refractivity (Wildman–Crippen MR) is 97.8 cm³/mol. The van der Waals surface area contributed by atoms with Crippen molar-refractivity contribution in [3.05, 3.63) is 69.3 Å². The summed E-state index contributed by atoms with van der Waals surface area (Å²) in [6.07, 6.45) is -1.17. The van der Waals surface area contributed by atoms with Crippen LogP contribution >= 0.6 is 0 Å². The van der Waals surface area contributed by atoms with Gasteiger partial charge in [0, 0.05) is 17.2 Å². The molecule has 2 rings (SSSR count). The van der Waals surface area contributed by atoms with Gasteiger partial charge in [0.2, 0.25) is 0 Å². The second kappa shape index (κ2) is 8.22. The zero-order valence-corrected chi connectivity index (χ0v) is 15.0. The number of anilines is 1. The number of carbonyl (C=O) groups is 3. The molecule has 2 aromatic rings. The van der Waals surface area contributed by atoms with Crippen molar-refractivity contribution in [3.8, 4) is 0 Å². The van der Waals surface area contributed by atoms with Crippen LogP contribution in [0.5, 0.6) is 0 Å². The molecule has 0 fully saturated rings. The highest BCUT2D eigenvalue weighted by Crippen LogP contribution is 2.20. The van der Waals surface area contributed by atoms with Gasteiger partial charge in [0.25, 0.3) is 11.6 Å². The van der Waals surface area contributed by atoms with Crippen LogP contribution in [-0.2, 0) is 9.53 Å². The van der Waals surface area contributed by atoms with E-state index in [1.54, 1.807) is 31.2 Å². The lowest BCUT2D eigenvalue weighted by atomic mass is 10.1. The van der Waals surface area contributed by atoms with Crippen molar-refractivity contribution < 1.29 is 24.0 Å². The molecule has 27 heavy (non-hydrogen) atoms. The molecule has 0 heterocycles. The number of benzene rings is 2. The molecular formula is C19H18N2O6. The number of nitro groups is 1. The first kappa shape index (κ1) is 19.8. The lowest BCUT2D eigenvalue weighted by Crippen LogP contribution is -2.30. The third kappa shape index (κ3) is 4.75. The molecule has 0 saturated carbocycles. The Kier molecular flexibility index (Phi) is 6.02. The molecule has 0 aliphatic heterocycles. The number of nitrogens with one attached hydrogen (secondary N) is 1. The van der Waals surface area contributed by atoms with E-state index in [9.17, 15) is 24.5 Å². The second-order valence-corrected chi connectivity index (χ2v) is 5.90. The number of carbonyl (C=O) groups excluding carboxylic acids is 3. The van der Waals surface area contributed by atoms with E-state index in [1.165, 1.54) is 26.0 Å². The van der Waals surface area contributed by atoms with Gasteiger partial charge >= 0.3 is 5.97 Å². The fourth-order valence-corrected chi connectivity index (χ4v) is 2.35. The van der Waals surface area contributed by atoms with E-state index in [2.05, 4.69) is 5.32 Å². The maximum atomic E-state index is 12.3. The molecule has 140 valence electrons. The summed E-state index contributed by atoms with van der Waals surface area (Å²) in [5, 5.41) is 13.5. The Labute approximate surface area is 155 Å². The van der Waals surface area contributed by atoms with Gasteiger partial charge in [-0.15, -0.1) is 0 Å². The van der Waals surface area contributed by atoms with Crippen molar-refractivity contribution in [2.24, 2.45) is 0 Å². The molecule has 1 unspecified atom stereocenters. The van der Waals surface area contributed by atoms with Crippen LogP contribution in [0.4, 0.5) is 11.4 Å². The van der Waals surface area contributed by atoms with Gasteiger partial charge in [-0.3, -0.25) is 19.7 Å². The van der Waals surface area contributed by atoms with Crippen molar-refractivity contribution in [1.29, 1.82) is 0 Å². The van der Waals surface area contributed by atoms with Crippen molar-refractivity contribution >= 4 is 29.0 Å². The van der Waals surface area contributed by atoms with E-state index < -0.39 is 22.9 Å². The fraction of sp³-hybridized carbons (Fsp3) is 0.211. The number of nitrogens with zero attached hydrogens (tertiary/aromatic N) is 1. The zero-order valence-electron chi connectivity index (χ0n) is 15.0. The normalized spacial score (nSPS) is 11.4. The van der Waals surface area contributed by atoms with Crippen LogP contribution in [0.15, 0.2) is 42.5 Å². The minimum absolute atomic E-state index is 0.0314. The summed E-state index contributed by atoms with van der Waals surface area (Å²) in [4.78, 5) is 46.5. The Balaban J connectivity index is 2.11. The highest BCUT2D eigenvalue weighted by molar-refractivity contribution is 6.05. The van der Waals surface area contributed by atoms with Crippen LogP contribution in [0.2, 0.25) is 0 Å². The van der Waals surface area contributed by atoms with Gasteiger partial charge in [-0.05, 0) is 39.0 Å². The lowest BCUT2D eigenvalue weighted by molar-refractivity contribution is -0.385. The summed E-state index contributed by atoms with van der Waals surface area (Å²) in [5.41, 5.74) is 0.804. The van der Waals surface area contributed by atoms with Crippen LogP contribution in [-0.4, -0.2) is 28.7 Å². The van der Waals surface area contributed by atoms with Gasteiger partial charge in [0.05, 0.1) is 16.2 Å². The van der Waals surface area contributed by atoms with Gasteiger partial charge in [-0.1, -0.05) is 18.2 Å². The molecule has 8 heteroatoms. The number of Topliss-reactive ketones (excluding diaryl/α,β-unsaturated/α-hetero) is 1. The molecule has 1 amide bonds. The minimum Gasteiger partial charge on any atom is -0.449 e. The second-order valence-electron chi connectivity index (χ2n) is 5.90. The maximum absolute atomic E-state index is 12.3. The molecule has 8 nitrogen and oxygen atoms in total. The van der Waals surface area contributed by atoms with Crippen LogP contribution in [0.25, 0.3) is 0 Å². The lowest BCUT2D eigenvalue weighted by Gasteiger charge is -2.15. The number of hydrogen-bond acceptors (Lipinski definition) is 6.